The van der Waals surface area contributed by atoms with Gasteiger partial charge in [-0.3, -0.25) is 4.79 Å². The van der Waals surface area contributed by atoms with Gasteiger partial charge in [-0.25, -0.2) is 8.42 Å². The van der Waals surface area contributed by atoms with Crippen LogP contribution in [0, 0.1) is 0 Å². The summed E-state index contributed by atoms with van der Waals surface area (Å²) in [5.41, 5.74) is 5.68. The van der Waals surface area contributed by atoms with Gasteiger partial charge >= 0.3 is 0 Å². The van der Waals surface area contributed by atoms with Crippen LogP contribution in [0.1, 0.15) is 24.3 Å². The molecule has 24 heavy (non-hydrogen) atoms. The average Bonchev–Trinajstić information content (AvgIpc) is 2.86. The summed E-state index contributed by atoms with van der Waals surface area (Å²) < 4.78 is 32.4. The molecule has 3 rings (SSSR count). The summed E-state index contributed by atoms with van der Waals surface area (Å²) in [5, 5.41) is 3.72. The number of amides is 1. The number of carbonyl (C=O) groups excluding carboxylic acids is 1. The van der Waals surface area contributed by atoms with E-state index >= 15 is 0 Å². The van der Waals surface area contributed by atoms with Crippen molar-refractivity contribution in [2.45, 2.75) is 29.8 Å². The van der Waals surface area contributed by atoms with E-state index in [4.69, 9.17) is 22.1 Å². The Balaban J connectivity index is 2.29. The van der Waals surface area contributed by atoms with Crippen LogP contribution < -0.4 is 11.1 Å². The number of nitrogens with one attached hydrogen (secondary N) is 2. The van der Waals surface area contributed by atoms with E-state index in [0.29, 0.717) is 22.5 Å². The number of fused-ring (bicyclic) bond motifs is 1. The van der Waals surface area contributed by atoms with Crippen LogP contribution in [0.3, 0.4) is 0 Å². The Bertz CT molecular complexity index is 924. The molecule has 0 radical (unpaired) electrons. The molecule has 2 atom stereocenters. The maximum atomic E-state index is 13.3. The molecule has 1 amide bonds. The third-order valence-electron chi connectivity index (χ3n) is 4.12. The quantitative estimate of drug-likeness (QED) is 0.754. The highest BCUT2D eigenvalue weighted by Gasteiger charge is 2.47. The summed E-state index contributed by atoms with van der Waals surface area (Å²) >= 11 is 6.00. The largest absolute Gasteiger partial charge is 0.364 e. The van der Waals surface area contributed by atoms with Gasteiger partial charge in [0.15, 0.2) is 4.93 Å². The topological polar surface area (TPSA) is 114 Å². The minimum Gasteiger partial charge on any atom is -0.364 e. The summed E-state index contributed by atoms with van der Waals surface area (Å²) in [6.07, 6.45) is -0.288. The van der Waals surface area contributed by atoms with Crippen molar-refractivity contribution in [3.8, 4) is 0 Å². The number of halogens is 1. The first-order valence-corrected chi connectivity index (χ1v) is 9.26. The van der Waals surface area contributed by atoms with Crippen LogP contribution in [0.2, 0.25) is 5.02 Å². The number of nitrogens with two attached hydrogens (primary N) is 1. The number of ether oxygens (including phenoxy) is 1. The molecule has 2 aromatic rings. The van der Waals surface area contributed by atoms with E-state index < -0.39 is 20.7 Å². The van der Waals surface area contributed by atoms with Crippen molar-refractivity contribution in [2.75, 3.05) is 13.1 Å². The molecule has 2 heterocycles. The molecule has 1 aromatic carbocycles. The van der Waals surface area contributed by atoms with E-state index in [1.54, 1.807) is 19.1 Å². The first-order valence-electron chi connectivity index (χ1n) is 7.40. The van der Waals surface area contributed by atoms with E-state index in [1.165, 1.54) is 13.0 Å². The molecular weight excluding hydrogens is 354 g/mol. The molecular formula is C15H18ClN3O4S. The van der Waals surface area contributed by atoms with Crippen molar-refractivity contribution >= 4 is 38.2 Å². The third kappa shape index (κ3) is 2.59. The van der Waals surface area contributed by atoms with E-state index in [9.17, 15) is 13.2 Å². The molecule has 0 saturated carbocycles. The molecule has 9 heteroatoms. The first-order chi connectivity index (χ1) is 11.2. The maximum absolute atomic E-state index is 13.3. The predicted octanol–water partition coefficient (Wildman–Crippen LogP) is 1.42. The molecule has 4 N–H and O–H groups in total. The van der Waals surface area contributed by atoms with E-state index in [2.05, 4.69) is 10.3 Å². The Morgan fingerprint density at radius 3 is 2.79 bits per heavy atom. The minimum atomic E-state index is -4.05. The lowest BCUT2D eigenvalue weighted by Gasteiger charge is -2.37. The number of aromatic nitrogens is 1. The highest BCUT2D eigenvalue weighted by atomic mass is 35.5. The molecule has 1 aromatic heterocycles. The fraction of sp³-hybridized carbons (Fsp3) is 0.400. The number of hydrogen-bond acceptors (Lipinski definition) is 5. The smallest absolute Gasteiger partial charge is 0.266 e. The zero-order valence-electron chi connectivity index (χ0n) is 13.2. The van der Waals surface area contributed by atoms with Gasteiger partial charge < -0.3 is 20.8 Å². The highest BCUT2D eigenvalue weighted by Crippen LogP contribution is 2.37. The molecule has 130 valence electrons. The van der Waals surface area contributed by atoms with Crippen molar-refractivity contribution in [2.24, 2.45) is 5.73 Å². The maximum Gasteiger partial charge on any atom is 0.266 e. The number of hydrogen-bond donors (Lipinski definition) is 3. The van der Waals surface area contributed by atoms with Gasteiger partial charge in [-0.05, 0) is 32.0 Å². The summed E-state index contributed by atoms with van der Waals surface area (Å²) in [6, 6.07) is 4.70. The Labute approximate surface area is 144 Å². The lowest BCUT2D eigenvalue weighted by atomic mass is 10.2. The van der Waals surface area contributed by atoms with Gasteiger partial charge in [-0.2, -0.15) is 0 Å². The normalized spacial score (nSPS) is 25.0. The van der Waals surface area contributed by atoms with E-state index in [1.807, 2.05) is 0 Å². The van der Waals surface area contributed by atoms with Crippen molar-refractivity contribution in [1.82, 2.24) is 10.3 Å². The number of morpholine rings is 1. The Hall–Kier alpha value is -1.61. The van der Waals surface area contributed by atoms with Gasteiger partial charge in [-0.15, -0.1) is 0 Å². The molecule has 7 nitrogen and oxygen atoms in total. The Kier molecular flexibility index (Phi) is 4.11. The number of carbonyl (C=O) groups is 1. The molecule has 2 unspecified atom stereocenters. The molecule has 1 aliphatic heterocycles. The van der Waals surface area contributed by atoms with Gasteiger partial charge in [0, 0.05) is 29.0 Å². The van der Waals surface area contributed by atoms with E-state index in [-0.39, 0.29) is 23.2 Å². The predicted molar refractivity (Wildman–Crippen MR) is 90.8 cm³/mol. The number of H-pyrrole nitrogens is 1. The zero-order valence-corrected chi connectivity index (χ0v) is 14.8. The van der Waals surface area contributed by atoms with Crippen LogP contribution in [0.15, 0.2) is 23.1 Å². The monoisotopic (exact) mass is 371 g/mol. The average molecular weight is 372 g/mol. The molecule has 0 spiro atoms. The van der Waals surface area contributed by atoms with Crippen LogP contribution in [-0.2, 0) is 14.6 Å². The first kappa shape index (κ1) is 17.2. The van der Waals surface area contributed by atoms with Crippen molar-refractivity contribution in [3.05, 3.63) is 28.9 Å². The van der Waals surface area contributed by atoms with Crippen LogP contribution in [0.25, 0.3) is 10.9 Å². The van der Waals surface area contributed by atoms with Crippen molar-refractivity contribution < 1.29 is 17.9 Å². The van der Waals surface area contributed by atoms with E-state index in [0.717, 1.165) is 0 Å². The molecule has 0 aliphatic carbocycles. The summed E-state index contributed by atoms with van der Waals surface area (Å²) in [5.74, 6) is -0.860. The van der Waals surface area contributed by atoms with Crippen molar-refractivity contribution in [1.29, 1.82) is 0 Å². The molecule has 0 bridgehead atoms. The van der Waals surface area contributed by atoms with Gasteiger partial charge in [0.2, 0.25) is 9.84 Å². The van der Waals surface area contributed by atoms with Crippen LogP contribution in [-0.4, -0.2) is 43.4 Å². The number of sulfone groups is 1. The minimum absolute atomic E-state index is 0.102. The van der Waals surface area contributed by atoms with Gasteiger partial charge in [0.25, 0.3) is 5.91 Å². The Morgan fingerprint density at radius 2 is 2.17 bits per heavy atom. The van der Waals surface area contributed by atoms with Gasteiger partial charge in [-0.1, -0.05) is 11.6 Å². The second-order valence-corrected chi connectivity index (χ2v) is 8.80. The van der Waals surface area contributed by atoms with Crippen LogP contribution >= 0.6 is 11.6 Å². The fourth-order valence-electron chi connectivity index (χ4n) is 2.98. The lowest BCUT2D eigenvalue weighted by molar-refractivity contribution is -0.0453. The third-order valence-corrected chi connectivity index (χ3v) is 6.70. The number of aromatic amines is 1. The lowest BCUT2D eigenvalue weighted by Crippen LogP contribution is -2.55. The van der Waals surface area contributed by atoms with Gasteiger partial charge in [0.05, 0.1) is 6.10 Å². The van der Waals surface area contributed by atoms with Crippen LogP contribution in [0.4, 0.5) is 0 Å². The molecule has 1 aliphatic rings. The van der Waals surface area contributed by atoms with Crippen molar-refractivity contribution in [3.63, 3.8) is 0 Å². The second-order valence-electron chi connectivity index (χ2n) is 6.08. The van der Waals surface area contributed by atoms with Gasteiger partial charge in [0.1, 0.15) is 10.6 Å². The molecule has 1 fully saturated rings. The molecule has 1 saturated heterocycles. The second kappa shape index (κ2) is 5.73. The summed E-state index contributed by atoms with van der Waals surface area (Å²) in [6.45, 7) is 3.92. The highest BCUT2D eigenvalue weighted by molar-refractivity contribution is 7.93. The zero-order chi connectivity index (χ0) is 17.7. The summed E-state index contributed by atoms with van der Waals surface area (Å²) in [7, 11) is -4.05. The summed E-state index contributed by atoms with van der Waals surface area (Å²) in [4.78, 5) is 12.9. The fourth-order valence-corrected chi connectivity index (χ4v) is 5.04. The SMILES string of the molecule is CC1CNCC(C)(S(=O)(=O)c2c(C(N)=O)[nH]c3ccc(Cl)cc23)O1. The number of primary amides is 1. The number of benzene rings is 1. The van der Waals surface area contributed by atoms with Crippen LogP contribution in [0.5, 0.6) is 0 Å². The number of rotatable bonds is 3. The Morgan fingerprint density at radius 1 is 1.46 bits per heavy atom. The standard InChI is InChI=1S/C15H18ClN3O4S/c1-8-6-18-7-15(2,23-8)24(21,22)13-10-5-9(16)3-4-11(10)19-12(13)14(17)20/h3-5,8,18-19H,6-7H2,1-2H3,(H2,17,20).